The molecule has 0 saturated carbocycles. The zero-order chi connectivity index (χ0) is 19.5. The molecular weight excluding hydrogens is 329 g/mol. The Kier molecular flexibility index (Phi) is 4.44. The molecular formula is C20H30BNO4. The number of rotatable bonds is 2. The van der Waals surface area contributed by atoms with Crippen molar-refractivity contribution in [1.29, 1.82) is 0 Å². The number of carbonyl (C=O) groups excluding carboxylic acids is 1. The van der Waals surface area contributed by atoms with Crippen LogP contribution in [0.4, 0.5) is 4.79 Å². The summed E-state index contributed by atoms with van der Waals surface area (Å²) >= 11 is 0. The summed E-state index contributed by atoms with van der Waals surface area (Å²) in [4.78, 5) is 11.4. The van der Waals surface area contributed by atoms with Gasteiger partial charge in [0.15, 0.2) is 0 Å². The quantitative estimate of drug-likeness (QED) is 0.824. The first-order chi connectivity index (χ1) is 11.8. The largest absolute Gasteiger partial charge is 0.494 e. The van der Waals surface area contributed by atoms with Crippen molar-refractivity contribution in [2.75, 3.05) is 0 Å². The molecule has 2 unspecified atom stereocenters. The summed E-state index contributed by atoms with van der Waals surface area (Å²) in [6.45, 7) is 14.7. The highest BCUT2D eigenvalue weighted by atomic mass is 16.7. The van der Waals surface area contributed by atoms with Crippen molar-refractivity contribution in [3.63, 3.8) is 0 Å². The van der Waals surface area contributed by atoms with Crippen molar-refractivity contribution < 1.29 is 18.8 Å². The standard InChI is InChI=1S/C20H30BNO4/c1-18(2,3)16-14-9-8-13(10-12(14)11-15(16)24-17(22)23)21-25-19(4,5)20(6,7)26-21/h8-10,15-16H,11H2,1-7H3,(H2,22,23). The summed E-state index contributed by atoms with van der Waals surface area (Å²) in [5, 5.41) is 0. The number of benzene rings is 1. The van der Waals surface area contributed by atoms with Gasteiger partial charge >= 0.3 is 13.2 Å². The van der Waals surface area contributed by atoms with Crippen LogP contribution < -0.4 is 11.2 Å². The molecule has 1 heterocycles. The lowest BCUT2D eigenvalue weighted by Gasteiger charge is -2.32. The fourth-order valence-electron chi connectivity index (χ4n) is 4.05. The van der Waals surface area contributed by atoms with Crippen LogP contribution in [0.2, 0.25) is 0 Å². The molecule has 6 heteroatoms. The zero-order valence-electron chi connectivity index (χ0n) is 16.9. The molecule has 1 fully saturated rings. The molecule has 1 saturated heterocycles. The van der Waals surface area contributed by atoms with E-state index in [0.29, 0.717) is 6.42 Å². The lowest BCUT2D eigenvalue weighted by Crippen LogP contribution is -2.41. The van der Waals surface area contributed by atoms with E-state index in [-0.39, 0.29) is 28.6 Å². The van der Waals surface area contributed by atoms with Gasteiger partial charge in [0, 0.05) is 12.3 Å². The Hall–Kier alpha value is -1.53. The molecule has 1 aromatic rings. The van der Waals surface area contributed by atoms with Crippen molar-refractivity contribution in [3.8, 4) is 0 Å². The van der Waals surface area contributed by atoms with Crippen LogP contribution in [0.3, 0.4) is 0 Å². The minimum atomic E-state index is -0.719. The molecule has 2 N–H and O–H groups in total. The summed E-state index contributed by atoms with van der Waals surface area (Å²) in [6.07, 6.45) is -0.299. The molecule has 3 rings (SSSR count). The monoisotopic (exact) mass is 359 g/mol. The van der Waals surface area contributed by atoms with Crippen molar-refractivity contribution >= 4 is 18.7 Å². The molecule has 0 aromatic heterocycles. The van der Waals surface area contributed by atoms with Gasteiger partial charge in [0.25, 0.3) is 0 Å². The molecule has 26 heavy (non-hydrogen) atoms. The van der Waals surface area contributed by atoms with Crippen molar-refractivity contribution in [3.05, 3.63) is 29.3 Å². The molecule has 1 amide bonds. The summed E-state index contributed by atoms with van der Waals surface area (Å²) in [5.74, 6) is 0.109. The first-order valence-corrected chi connectivity index (χ1v) is 9.26. The average molecular weight is 359 g/mol. The molecule has 1 aromatic carbocycles. The molecule has 2 aliphatic rings. The van der Waals surface area contributed by atoms with Crippen LogP contribution in [-0.2, 0) is 20.5 Å². The maximum absolute atomic E-state index is 11.4. The van der Waals surface area contributed by atoms with Crippen LogP contribution in [0.15, 0.2) is 18.2 Å². The number of ether oxygens (including phenoxy) is 1. The number of hydrogen-bond acceptors (Lipinski definition) is 4. The van der Waals surface area contributed by atoms with Crippen molar-refractivity contribution in [2.24, 2.45) is 11.1 Å². The average Bonchev–Trinajstić information content (AvgIpc) is 2.90. The Morgan fingerprint density at radius 2 is 1.77 bits per heavy atom. The third-order valence-corrected chi connectivity index (χ3v) is 6.02. The number of fused-ring (bicyclic) bond motifs is 1. The van der Waals surface area contributed by atoms with Crippen molar-refractivity contribution in [1.82, 2.24) is 0 Å². The van der Waals surface area contributed by atoms with Gasteiger partial charge in [0.1, 0.15) is 6.10 Å². The van der Waals surface area contributed by atoms with Crippen LogP contribution in [0.5, 0.6) is 0 Å². The molecule has 2 atom stereocenters. The number of amides is 1. The van der Waals surface area contributed by atoms with E-state index in [4.69, 9.17) is 19.8 Å². The second-order valence-corrected chi connectivity index (χ2v) is 9.57. The van der Waals surface area contributed by atoms with Gasteiger partial charge in [-0.1, -0.05) is 39.0 Å². The topological polar surface area (TPSA) is 70.8 Å². The lowest BCUT2D eigenvalue weighted by atomic mass is 9.74. The number of hydrogen-bond donors (Lipinski definition) is 1. The maximum Gasteiger partial charge on any atom is 0.494 e. The van der Waals surface area contributed by atoms with E-state index in [2.05, 4.69) is 39.0 Å². The highest BCUT2D eigenvalue weighted by molar-refractivity contribution is 6.62. The van der Waals surface area contributed by atoms with Crippen LogP contribution in [0.25, 0.3) is 0 Å². The van der Waals surface area contributed by atoms with Gasteiger partial charge in [-0.05, 0) is 49.7 Å². The fourth-order valence-corrected chi connectivity index (χ4v) is 4.05. The van der Waals surface area contributed by atoms with Crippen molar-refractivity contribution in [2.45, 2.75) is 78.1 Å². The number of primary amides is 1. The lowest BCUT2D eigenvalue weighted by molar-refractivity contribution is 0.00578. The van der Waals surface area contributed by atoms with Gasteiger partial charge in [-0.25, -0.2) is 4.79 Å². The van der Waals surface area contributed by atoms with Crippen LogP contribution in [0.1, 0.15) is 65.5 Å². The second kappa shape index (κ2) is 5.99. The zero-order valence-corrected chi connectivity index (χ0v) is 16.9. The minimum absolute atomic E-state index is 0.0444. The highest BCUT2D eigenvalue weighted by Gasteiger charge is 2.52. The van der Waals surface area contributed by atoms with E-state index in [0.717, 1.165) is 5.46 Å². The van der Waals surface area contributed by atoms with E-state index in [9.17, 15) is 4.79 Å². The Balaban J connectivity index is 1.92. The van der Waals surface area contributed by atoms with Crippen LogP contribution >= 0.6 is 0 Å². The normalized spacial score (nSPS) is 26.7. The van der Waals surface area contributed by atoms with Crippen LogP contribution in [0, 0.1) is 5.41 Å². The molecule has 1 aliphatic heterocycles. The minimum Gasteiger partial charge on any atom is -0.445 e. The predicted molar refractivity (Wildman–Crippen MR) is 103 cm³/mol. The number of nitrogens with two attached hydrogens (primary N) is 1. The summed E-state index contributed by atoms with van der Waals surface area (Å²) in [7, 11) is -0.394. The highest BCUT2D eigenvalue weighted by Crippen LogP contribution is 2.46. The summed E-state index contributed by atoms with van der Waals surface area (Å²) in [6, 6.07) is 6.31. The first-order valence-electron chi connectivity index (χ1n) is 9.26. The third kappa shape index (κ3) is 3.25. The van der Waals surface area contributed by atoms with E-state index in [1.807, 2.05) is 27.7 Å². The Morgan fingerprint density at radius 3 is 2.27 bits per heavy atom. The SMILES string of the molecule is CC(C)(C)C1c2ccc(B3OC(C)(C)C(C)(C)O3)cc2CC1OC(N)=O. The van der Waals surface area contributed by atoms with E-state index < -0.39 is 13.2 Å². The maximum atomic E-state index is 11.4. The van der Waals surface area contributed by atoms with Gasteiger partial charge in [-0.2, -0.15) is 0 Å². The number of carbonyl (C=O) groups is 1. The van der Waals surface area contributed by atoms with E-state index in [1.54, 1.807) is 0 Å². The molecule has 1 aliphatic carbocycles. The summed E-state index contributed by atoms with van der Waals surface area (Å²) < 4.78 is 17.8. The molecule has 0 spiro atoms. The molecule has 0 radical (unpaired) electrons. The Bertz CT molecular complexity index is 707. The third-order valence-electron chi connectivity index (χ3n) is 6.02. The Morgan fingerprint density at radius 1 is 1.19 bits per heavy atom. The second-order valence-electron chi connectivity index (χ2n) is 9.57. The summed E-state index contributed by atoms with van der Waals surface area (Å²) in [5.41, 5.74) is 7.89. The molecule has 0 bridgehead atoms. The first kappa shape index (κ1) is 19.2. The predicted octanol–water partition coefficient (Wildman–Crippen LogP) is 3.14. The van der Waals surface area contributed by atoms with Gasteiger partial charge in [0.05, 0.1) is 11.2 Å². The van der Waals surface area contributed by atoms with E-state index in [1.165, 1.54) is 11.1 Å². The van der Waals surface area contributed by atoms with Gasteiger partial charge < -0.3 is 19.8 Å². The van der Waals surface area contributed by atoms with Crippen LogP contribution in [-0.4, -0.2) is 30.5 Å². The van der Waals surface area contributed by atoms with Gasteiger partial charge in [-0.3, -0.25) is 0 Å². The van der Waals surface area contributed by atoms with Gasteiger partial charge in [-0.15, -0.1) is 0 Å². The smallest absolute Gasteiger partial charge is 0.445 e. The molecule has 142 valence electrons. The fraction of sp³-hybridized carbons (Fsp3) is 0.650. The van der Waals surface area contributed by atoms with Gasteiger partial charge in [0.2, 0.25) is 0 Å². The molecule has 5 nitrogen and oxygen atoms in total. The Labute approximate surface area is 156 Å². The van der Waals surface area contributed by atoms with E-state index >= 15 is 0 Å².